The lowest BCUT2D eigenvalue weighted by Gasteiger charge is -2.24. The number of fused-ring (bicyclic) bond motifs is 1. The first-order valence-electron chi connectivity index (χ1n) is 7.37. The number of nitrogens with one attached hydrogen (secondary N) is 2. The summed E-state index contributed by atoms with van der Waals surface area (Å²) in [7, 11) is 0. The molecular formula is C16H16F3N3O. The van der Waals surface area contributed by atoms with Crippen LogP contribution in [0.25, 0.3) is 10.9 Å². The van der Waals surface area contributed by atoms with Gasteiger partial charge in [0.1, 0.15) is 6.04 Å². The number of pyridine rings is 1. The molecule has 0 bridgehead atoms. The molecule has 0 spiro atoms. The maximum Gasteiger partial charge on any atom is 0.416 e. The first kappa shape index (κ1) is 15.6. The average Bonchev–Trinajstić information content (AvgIpc) is 2.48. The number of piperidine rings is 1. The van der Waals surface area contributed by atoms with Crippen molar-refractivity contribution in [3.05, 3.63) is 35.5 Å². The van der Waals surface area contributed by atoms with Gasteiger partial charge in [-0.1, -0.05) is 6.07 Å². The van der Waals surface area contributed by atoms with E-state index in [4.69, 9.17) is 0 Å². The summed E-state index contributed by atoms with van der Waals surface area (Å²) >= 11 is 0. The summed E-state index contributed by atoms with van der Waals surface area (Å²) in [5.41, 5.74) is 0.752. The van der Waals surface area contributed by atoms with E-state index in [0.717, 1.165) is 18.6 Å². The van der Waals surface area contributed by atoms with Gasteiger partial charge in [-0.15, -0.1) is 0 Å². The molecule has 1 amide bonds. The fraction of sp³-hybridized carbons (Fsp3) is 0.375. The minimum Gasteiger partial charge on any atom is -0.373 e. The average molecular weight is 323 g/mol. The number of anilines is 1. The number of aryl methyl sites for hydroxylation is 1. The number of rotatable bonds is 2. The monoisotopic (exact) mass is 323 g/mol. The molecule has 1 aliphatic rings. The summed E-state index contributed by atoms with van der Waals surface area (Å²) < 4.78 is 38.5. The van der Waals surface area contributed by atoms with Crippen LogP contribution in [0.1, 0.15) is 24.1 Å². The third-order valence-electron chi connectivity index (χ3n) is 3.88. The number of halogens is 3. The van der Waals surface area contributed by atoms with E-state index in [2.05, 4.69) is 15.6 Å². The van der Waals surface area contributed by atoms with E-state index in [0.29, 0.717) is 29.7 Å². The van der Waals surface area contributed by atoms with Gasteiger partial charge in [0.2, 0.25) is 5.91 Å². The number of hydrogen-bond donors (Lipinski definition) is 2. The van der Waals surface area contributed by atoms with E-state index >= 15 is 0 Å². The van der Waals surface area contributed by atoms with Gasteiger partial charge in [0.15, 0.2) is 0 Å². The number of aromatic nitrogens is 1. The van der Waals surface area contributed by atoms with Crippen LogP contribution in [-0.4, -0.2) is 23.5 Å². The van der Waals surface area contributed by atoms with E-state index in [9.17, 15) is 18.0 Å². The highest BCUT2D eigenvalue weighted by Crippen LogP contribution is 2.33. The van der Waals surface area contributed by atoms with Crippen LogP contribution in [0.5, 0.6) is 0 Å². The standard InChI is InChI=1S/C16H16F3N3O/c1-9-7-13(22-12-3-2-6-20-15(12)23)11-5-4-10(16(17,18)19)8-14(11)21-9/h4-5,7-8,12H,2-3,6H2,1H3,(H,20,23)(H,21,22). The smallest absolute Gasteiger partial charge is 0.373 e. The Morgan fingerprint density at radius 2 is 2.09 bits per heavy atom. The molecular weight excluding hydrogens is 307 g/mol. The molecule has 1 fully saturated rings. The summed E-state index contributed by atoms with van der Waals surface area (Å²) in [6.45, 7) is 2.37. The van der Waals surface area contributed by atoms with Gasteiger partial charge in [-0.25, -0.2) is 0 Å². The Balaban J connectivity index is 2.01. The van der Waals surface area contributed by atoms with Gasteiger partial charge in [0.25, 0.3) is 0 Å². The molecule has 2 heterocycles. The van der Waals surface area contributed by atoms with Crippen LogP contribution in [0.15, 0.2) is 24.3 Å². The van der Waals surface area contributed by atoms with E-state index in [1.807, 2.05) is 0 Å². The van der Waals surface area contributed by atoms with Crippen molar-refractivity contribution in [2.75, 3.05) is 11.9 Å². The second-order valence-corrected chi connectivity index (χ2v) is 5.67. The van der Waals surface area contributed by atoms with Gasteiger partial charge in [0, 0.05) is 23.3 Å². The zero-order valence-corrected chi connectivity index (χ0v) is 12.5. The summed E-state index contributed by atoms with van der Waals surface area (Å²) in [5, 5.41) is 6.49. The molecule has 1 saturated heterocycles. The Morgan fingerprint density at radius 1 is 1.30 bits per heavy atom. The Kier molecular flexibility index (Phi) is 3.87. The molecule has 7 heteroatoms. The van der Waals surface area contributed by atoms with Crippen molar-refractivity contribution in [1.29, 1.82) is 0 Å². The third kappa shape index (κ3) is 3.23. The van der Waals surface area contributed by atoms with Crippen LogP contribution in [-0.2, 0) is 11.0 Å². The van der Waals surface area contributed by atoms with Gasteiger partial charge in [0.05, 0.1) is 11.1 Å². The van der Waals surface area contributed by atoms with Crippen LogP contribution in [0, 0.1) is 6.92 Å². The van der Waals surface area contributed by atoms with Crippen LogP contribution in [0.4, 0.5) is 18.9 Å². The number of hydrogen-bond acceptors (Lipinski definition) is 3. The minimum absolute atomic E-state index is 0.0919. The quantitative estimate of drug-likeness (QED) is 0.892. The summed E-state index contributed by atoms with van der Waals surface area (Å²) in [4.78, 5) is 16.0. The van der Waals surface area contributed by atoms with Gasteiger partial charge in [-0.3, -0.25) is 9.78 Å². The fourth-order valence-electron chi connectivity index (χ4n) is 2.75. The Labute approximate surface area is 131 Å². The molecule has 1 aliphatic heterocycles. The molecule has 23 heavy (non-hydrogen) atoms. The number of nitrogens with zero attached hydrogens (tertiary/aromatic N) is 1. The lowest BCUT2D eigenvalue weighted by Crippen LogP contribution is -2.44. The predicted octanol–water partition coefficient (Wildman–Crippen LogP) is 3.25. The van der Waals surface area contributed by atoms with Gasteiger partial charge < -0.3 is 10.6 Å². The van der Waals surface area contributed by atoms with E-state index in [1.54, 1.807) is 13.0 Å². The molecule has 4 nitrogen and oxygen atoms in total. The second-order valence-electron chi connectivity index (χ2n) is 5.67. The van der Waals surface area contributed by atoms with E-state index in [1.165, 1.54) is 6.07 Å². The Morgan fingerprint density at radius 3 is 2.78 bits per heavy atom. The Hall–Kier alpha value is -2.31. The Bertz CT molecular complexity index is 758. The van der Waals surface area contributed by atoms with E-state index < -0.39 is 11.7 Å². The first-order valence-corrected chi connectivity index (χ1v) is 7.37. The fourth-order valence-corrected chi connectivity index (χ4v) is 2.75. The number of alkyl halides is 3. The van der Waals surface area contributed by atoms with Crippen LogP contribution < -0.4 is 10.6 Å². The molecule has 1 aromatic carbocycles. The number of carbonyl (C=O) groups is 1. The van der Waals surface area contributed by atoms with Crippen molar-refractivity contribution >= 4 is 22.5 Å². The van der Waals surface area contributed by atoms with Crippen molar-refractivity contribution < 1.29 is 18.0 Å². The summed E-state index contributed by atoms with van der Waals surface area (Å²) in [6, 6.07) is 4.83. The van der Waals surface area contributed by atoms with Gasteiger partial charge in [-0.2, -0.15) is 13.2 Å². The van der Waals surface area contributed by atoms with E-state index in [-0.39, 0.29) is 17.5 Å². The number of amides is 1. The van der Waals surface area contributed by atoms with Crippen molar-refractivity contribution in [1.82, 2.24) is 10.3 Å². The molecule has 3 rings (SSSR count). The summed E-state index contributed by atoms with van der Waals surface area (Å²) in [5.74, 6) is -0.0919. The van der Waals surface area contributed by atoms with Crippen molar-refractivity contribution in [2.45, 2.75) is 32.0 Å². The van der Waals surface area contributed by atoms with Gasteiger partial charge in [-0.05, 0) is 38.0 Å². The second kappa shape index (κ2) is 5.72. The first-order chi connectivity index (χ1) is 10.8. The maximum atomic E-state index is 12.8. The molecule has 122 valence electrons. The largest absolute Gasteiger partial charge is 0.416 e. The highest BCUT2D eigenvalue weighted by molar-refractivity contribution is 5.94. The van der Waals surface area contributed by atoms with Crippen LogP contribution >= 0.6 is 0 Å². The molecule has 1 aromatic heterocycles. The zero-order chi connectivity index (χ0) is 16.6. The zero-order valence-electron chi connectivity index (χ0n) is 12.5. The lowest BCUT2D eigenvalue weighted by molar-refractivity contribution is -0.137. The van der Waals surface area contributed by atoms with Crippen LogP contribution in [0.2, 0.25) is 0 Å². The highest BCUT2D eigenvalue weighted by atomic mass is 19.4. The molecule has 2 N–H and O–H groups in total. The molecule has 2 aromatic rings. The minimum atomic E-state index is -4.41. The van der Waals surface area contributed by atoms with Gasteiger partial charge >= 0.3 is 6.18 Å². The summed E-state index contributed by atoms with van der Waals surface area (Å²) in [6.07, 6.45) is -2.85. The number of benzene rings is 1. The van der Waals surface area contributed by atoms with Crippen LogP contribution in [0.3, 0.4) is 0 Å². The number of carbonyl (C=O) groups excluding carboxylic acids is 1. The van der Waals surface area contributed by atoms with Crippen molar-refractivity contribution in [3.8, 4) is 0 Å². The highest BCUT2D eigenvalue weighted by Gasteiger charge is 2.31. The molecule has 0 radical (unpaired) electrons. The molecule has 1 atom stereocenters. The normalized spacial score (nSPS) is 18.8. The molecule has 1 unspecified atom stereocenters. The lowest BCUT2D eigenvalue weighted by atomic mass is 10.0. The predicted molar refractivity (Wildman–Crippen MR) is 81.1 cm³/mol. The maximum absolute atomic E-state index is 12.8. The SMILES string of the molecule is Cc1cc(NC2CCCNC2=O)c2ccc(C(F)(F)F)cc2n1. The van der Waals surface area contributed by atoms with Crippen molar-refractivity contribution in [2.24, 2.45) is 0 Å². The molecule has 0 saturated carbocycles. The van der Waals surface area contributed by atoms with Crippen molar-refractivity contribution in [3.63, 3.8) is 0 Å². The third-order valence-corrected chi connectivity index (χ3v) is 3.88. The topological polar surface area (TPSA) is 54.0 Å². The molecule has 0 aliphatic carbocycles.